The molecule has 2 aliphatic rings. The van der Waals surface area contributed by atoms with E-state index < -0.39 is 9.84 Å². The Balaban J connectivity index is 0.00000192. The second kappa shape index (κ2) is 7.20. The van der Waals surface area contributed by atoms with Crippen molar-refractivity contribution in [2.75, 3.05) is 31.6 Å². The summed E-state index contributed by atoms with van der Waals surface area (Å²) < 4.78 is 22.6. The first-order valence-corrected chi connectivity index (χ1v) is 9.74. The van der Waals surface area contributed by atoms with Crippen LogP contribution in [0.1, 0.15) is 18.0 Å². The van der Waals surface area contributed by atoms with Gasteiger partial charge in [0, 0.05) is 38.2 Å². The summed E-state index contributed by atoms with van der Waals surface area (Å²) in [5.41, 5.74) is 1.14. The quantitative estimate of drug-likeness (QED) is 0.880. The van der Waals surface area contributed by atoms with Gasteiger partial charge in [0.2, 0.25) is 5.91 Å². The number of carbonyl (C=O) groups excluding carboxylic acids is 1. The number of fused-ring (bicyclic) bond motifs is 1. The van der Waals surface area contributed by atoms with Crippen LogP contribution in [0.4, 0.5) is 0 Å². The molecule has 0 aromatic heterocycles. The van der Waals surface area contributed by atoms with Gasteiger partial charge in [0.15, 0.2) is 0 Å². The van der Waals surface area contributed by atoms with Crippen LogP contribution in [0.15, 0.2) is 30.3 Å². The number of hydrogen-bond donors (Lipinski definition) is 1. The molecule has 1 amide bonds. The zero-order valence-electron chi connectivity index (χ0n) is 13.1. The van der Waals surface area contributed by atoms with Gasteiger partial charge in [-0.3, -0.25) is 4.79 Å². The second-order valence-electron chi connectivity index (χ2n) is 6.36. The van der Waals surface area contributed by atoms with Crippen molar-refractivity contribution in [2.45, 2.75) is 12.5 Å². The Labute approximate surface area is 143 Å². The van der Waals surface area contributed by atoms with Crippen LogP contribution in [0.25, 0.3) is 0 Å². The predicted molar refractivity (Wildman–Crippen MR) is 92.3 cm³/mol. The van der Waals surface area contributed by atoms with E-state index in [1.807, 2.05) is 23.1 Å². The molecule has 0 radical (unpaired) electrons. The molecule has 2 heterocycles. The molecule has 3 rings (SSSR count). The van der Waals surface area contributed by atoms with Gasteiger partial charge in [-0.15, -0.1) is 12.4 Å². The molecule has 0 aliphatic carbocycles. The van der Waals surface area contributed by atoms with E-state index in [0.29, 0.717) is 11.8 Å². The average Bonchev–Trinajstić information content (AvgIpc) is 3.05. The van der Waals surface area contributed by atoms with Gasteiger partial charge < -0.3 is 10.2 Å². The second-order valence-corrected chi connectivity index (χ2v) is 8.62. The van der Waals surface area contributed by atoms with Crippen molar-refractivity contribution in [1.29, 1.82) is 0 Å². The van der Waals surface area contributed by atoms with Crippen LogP contribution in [0, 0.1) is 11.8 Å². The van der Waals surface area contributed by atoms with Crippen molar-refractivity contribution in [2.24, 2.45) is 11.8 Å². The molecule has 2 saturated heterocycles. The van der Waals surface area contributed by atoms with Crippen LogP contribution in [0.3, 0.4) is 0 Å². The van der Waals surface area contributed by atoms with E-state index in [2.05, 4.69) is 17.4 Å². The zero-order chi connectivity index (χ0) is 15.7. The molecule has 1 N–H and O–H groups in total. The molecule has 5 nitrogen and oxygen atoms in total. The van der Waals surface area contributed by atoms with Crippen LogP contribution in [-0.4, -0.2) is 50.9 Å². The van der Waals surface area contributed by atoms with Gasteiger partial charge in [-0.2, -0.15) is 0 Å². The summed E-state index contributed by atoms with van der Waals surface area (Å²) in [6.07, 6.45) is 1.26. The fourth-order valence-electron chi connectivity index (χ4n) is 3.67. The van der Waals surface area contributed by atoms with E-state index >= 15 is 0 Å². The van der Waals surface area contributed by atoms with Crippen molar-refractivity contribution in [1.82, 2.24) is 10.2 Å². The Morgan fingerprint density at radius 1 is 1.26 bits per heavy atom. The number of halogens is 1. The van der Waals surface area contributed by atoms with E-state index in [0.717, 1.165) is 25.2 Å². The molecule has 1 aromatic rings. The maximum atomic E-state index is 12.5. The number of amides is 1. The fraction of sp³-hybridized carbons (Fsp3) is 0.562. The van der Waals surface area contributed by atoms with Gasteiger partial charge >= 0.3 is 0 Å². The predicted octanol–water partition coefficient (Wildman–Crippen LogP) is 1.26. The fourth-order valence-corrected chi connectivity index (χ4v) is 4.22. The minimum absolute atomic E-state index is 0. The number of sulfone groups is 1. The van der Waals surface area contributed by atoms with Crippen molar-refractivity contribution in [3.05, 3.63) is 35.9 Å². The zero-order valence-corrected chi connectivity index (χ0v) is 14.8. The number of nitrogens with zero attached hydrogens (tertiary/aromatic N) is 1. The van der Waals surface area contributed by atoms with Gasteiger partial charge in [0.1, 0.15) is 9.84 Å². The lowest BCUT2D eigenvalue weighted by molar-refractivity contribution is -0.132. The Morgan fingerprint density at radius 3 is 2.61 bits per heavy atom. The minimum Gasteiger partial charge on any atom is -0.335 e. The molecule has 2 aliphatic heterocycles. The first-order chi connectivity index (χ1) is 10.5. The summed E-state index contributed by atoms with van der Waals surface area (Å²) in [6, 6.07) is 10.1. The monoisotopic (exact) mass is 358 g/mol. The molecule has 128 valence electrons. The summed E-state index contributed by atoms with van der Waals surface area (Å²) >= 11 is 0. The molecule has 0 saturated carbocycles. The number of carbonyl (C=O) groups is 1. The summed E-state index contributed by atoms with van der Waals surface area (Å²) in [6.45, 7) is 2.57. The first-order valence-electron chi connectivity index (χ1n) is 7.68. The molecule has 1 aromatic carbocycles. The summed E-state index contributed by atoms with van der Waals surface area (Å²) in [4.78, 5) is 14.4. The molecule has 2 fully saturated rings. The highest BCUT2D eigenvalue weighted by molar-refractivity contribution is 7.90. The van der Waals surface area contributed by atoms with Gasteiger partial charge in [0.05, 0.1) is 11.8 Å². The lowest BCUT2D eigenvalue weighted by atomic mass is 9.89. The van der Waals surface area contributed by atoms with E-state index in [1.54, 1.807) is 0 Å². The van der Waals surface area contributed by atoms with Crippen molar-refractivity contribution in [3.63, 3.8) is 0 Å². The Bertz CT molecular complexity index is 651. The maximum absolute atomic E-state index is 12.5. The van der Waals surface area contributed by atoms with Crippen molar-refractivity contribution < 1.29 is 13.2 Å². The van der Waals surface area contributed by atoms with Gasteiger partial charge in [-0.1, -0.05) is 30.3 Å². The largest absolute Gasteiger partial charge is 0.335 e. The molecule has 7 heteroatoms. The van der Waals surface area contributed by atoms with Gasteiger partial charge in [-0.25, -0.2) is 8.42 Å². The molecule has 3 atom stereocenters. The van der Waals surface area contributed by atoms with E-state index in [-0.39, 0.29) is 36.5 Å². The van der Waals surface area contributed by atoms with Gasteiger partial charge in [0.25, 0.3) is 0 Å². The van der Waals surface area contributed by atoms with E-state index in [1.165, 1.54) is 6.26 Å². The van der Waals surface area contributed by atoms with Gasteiger partial charge in [-0.05, 0) is 11.5 Å². The number of hydrogen-bond acceptors (Lipinski definition) is 4. The van der Waals surface area contributed by atoms with E-state index in [4.69, 9.17) is 0 Å². The smallest absolute Gasteiger partial charge is 0.224 e. The number of benzene rings is 1. The SMILES string of the molecule is CS(=O)(=O)CCC(=O)N1C[C@@H]2CNC[C@@H]2[C@H]1c1ccccc1.Cl. The van der Waals surface area contributed by atoms with Crippen LogP contribution >= 0.6 is 12.4 Å². The lowest BCUT2D eigenvalue weighted by Gasteiger charge is -2.28. The lowest BCUT2D eigenvalue weighted by Crippen LogP contribution is -2.35. The average molecular weight is 359 g/mol. The minimum atomic E-state index is -3.11. The molecular weight excluding hydrogens is 336 g/mol. The maximum Gasteiger partial charge on any atom is 0.224 e. The molecule has 0 unspecified atom stereocenters. The van der Waals surface area contributed by atoms with Crippen LogP contribution in [-0.2, 0) is 14.6 Å². The Kier molecular flexibility index (Phi) is 5.70. The van der Waals surface area contributed by atoms with E-state index in [9.17, 15) is 13.2 Å². The van der Waals surface area contributed by atoms with Crippen LogP contribution in [0.2, 0.25) is 0 Å². The third-order valence-corrected chi connectivity index (χ3v) is 5.66. The molecular formula is C16H23ClN2O3S. The summed E-state index contributed by atoms with van der Waals surface area (Å²) in [5.74, 6) is 0.767. The van der Waals surface area contributed by atoms with Crippen LogP contribution in [0.5, 0.6) is 0 Å². The third-order valence-electron chi connectivity index (χ3n) is 4.71. The molecule has 23 heavy (non-hydrogen) atoms. The standard InChI is InChI=1S/C16H22N2O3S.ClH/c1-22(20,21)8-7-15(19)18-11-13-9-17-10-14(13)16(18)12-5-3-2-4-6-12;/h2-6,13-14,16-17H,7-11H2,1H3;1H/t13-,14-,16+;/m0./s1. The van der Waals surface area contributed by atoms with Crippen molar-refractivity contribution >= 4 is 28.2 Å². The molecule has 0 bridgehead atoms. The van der Waals surface area contributed by atoms with Crippen molar-refractivity contribution in [3.8, 4) is 0 Å². The van der Waals surface area contributed by atoms with Crippen LogP contribution < -0.4 is 5.32 Å². The highest BCUT2D eigenvalue weighted by Gasteiger charge is 2.46. The molecule has 0 spiro atoms. The topological polar surface area (TPSA) is 66.5 Å². The normalized spacial score (nSPS) is 26.7. The summed E-state index contributed by atoms with van der Waals surface area (Å²) in [7, 11) is -3.11. The number of rotatable bonds is 4. The summed E-state index contributed by atoms with van der Waals surface area (Å²) in [5, 5.41) is 3.41. The Morgan fingerprint density at radius 2 is 1.96 bits per heavy atom. The number of likely N-dealkylation sites (tertiary alicyclic amines) is 1. The highest BCUT2D eigenvalue weighted by atomic mass is 35.5. The first kappa shape index (κ1) is 18.2. The highest BCUT2D eigenvalue weighted by Crippen LogP contribution is 2.42. The Hall–Kier alpha value is -1.11. The third kappa shape index (κ3) is 4.05. The number of nitrogens with one attached hydrogen (secondary N) is 1.